The van der Waals surface area contributed by atoms with Crippen molar-refractivity contribution in [2.45, 2.75) is 13.3 Å². The molecule has 100 valence electrons. The van der Waals surface area contributed by atoms with Gasteiger partial charge in [0.2, 0.25) is 0 Å². The molecule has 5 heteroatoms. The lowest BCUT2D eigenvalue weighted by Gasteiger charge is -2.11. The van der Waals surface area contributed by atoms with Gasteiger partial charge in [0.15, 0.2) is 0 Å². The lowest BCUT2D eigenvalue weighted by molar-refractivity contribution is -0.274. The molecule has 2 aromatic carbocycles. The fourth-order valence-corrected chi connectivity index (χ4v) is 1.78. The van der Waals surface area contributed by atoms with Crippen molar-refractivity contribution in [1.29, 1.82) is 0 Å². The lowest BCUT2D eigenvalue weighted by Crippen LogP contribution is -2.17. The van der Waals surface area contributed by atoms with Crippen LogP contribution in [-0.4, -0.2) is 6.36 Å². The zero-order chi connectivity index (χ0) is 14.0. The minimum absolute atomic E-state index is 0.325. The smallest absolute Gasteiger partial charge is 0.406 e. The highest BCUT2D eigenvalue weighted by Crippen LogP contribution is 2.30. The average Bonchev–Trinajstić information content (AvgIpc) is 2.31. The van der Waals surface area contributed by atoms with E-state index in [-0.39, 0.29) is 5.75 Å². The molecule has 2 rings (SSSR count). The standard InChI is InChI=1S/C14H10F4O/c1-9-12(6-3-7-13(9)15)10-4-2-5-11(8-10)19-14(16,17)18/h2-8H,1H3. The molecule has 0 bridgehead atoms. The van der Waals surface area contributed by atoms with Crippen molar-refractivity contribution < 1.29 is 22.3 Å². The highest BCUT2D eigenvalue weighted by atomic mass is 19.4. The third-order valence-electron chi connectivity index (χ3n) is 2.65. The Morgan fingerprint density at radius 3 is 2.37 bits per heavy atom. The third-order valence-corrected chi connectivity index (χ3v) is 2.65. The van der Waals surface area contributed by atoms with Gasteiger partial charge in [-0.2, -0.15) is 0 Å². The number of halogens is 4. The van der Waals surface area contributed by atoms with Gasteiger partial charge in [-0.05, 0) is 41.8 Å². The minimum atomic E-state index is -4.74. The summed E-state index contributed by atoms with van der Waals surface area (Å²) in [5, 5.41) is 0. The van der Waals surface area contributed by atoms with E-state index in [9.17, 15) is 17.6 Å². The van der Waals surface area contributed by atoms with Crippen LogP contribution in [0.2, 0.25) is 0 Å². The fourth-order valence-electron chi connectivity index (χ4n) is 1.78. The number of ether oxygens (including phenoxy) is 1. The molecule has 0 atom stereocenters. The Bertz CT molecular complexity index is 590. The van der Waals surface area contributed by atoms with Gasteiger partial charge in [-0.15, -0.1) is 13.2 Å². The van der Waals surface area contributed by atoms with Gasteiger partial charge in [0.05, 0.1) is 0 Å². The normalized spacial score (nSPS) is 11.4. The predicted octanol–water partition coefficient (Wildman–Crippen LogP) is 4.70. The Morgan fingerprint density at radius 1 is 1.00 bits per heavy atom. The predicted molar refractivity (Wildman–Crippen MR) is 63.3 cm³/mol. The molecule has 0 aromatic heterocycles. The number of alkyl halides is 3. The van der Waals surface area contributed by atoms with Crippen LogP contribution in [0.25, 0.3) is 11.1 Å². The Balaban J connectivity index is 2.41. The molecule has 19 heavy (non-hydrogen) atoms. The van der Waals surface area contributed by atoms with Crippen molar-refractivity contribution >= 4 is 0 Å². The van der Waals surface area contributed by atoms with Crippen molar-refractivity contribution in [2.24, 2.45) is 0 Å². The molecule has 0 spiro atoms. The second kappa shape index (κ2) is 4.91. The molecule has 0 N–H and O–H groups in total. The van der Waals surface area contributed by atoms with Gasteiger partial charge in [-0.25, -0.2) is 4.39 Å². The van der Waals surface area contributed by atoms with E-state index in [1.54, 1.807) is 19.1 Å². The monoisotopic (exact) mass is 270 g/mol. The topological polar surface area (TPSA) is 9.23 Å². The summed E-state index contributed by atoms with van der Waals surface area (Å²) in [7, 11) is 0. The number of hydrogen-bond donors (Lipinski definition) is 0. The van der Waals surface area contributed by atoms with E-state index in [2.05, 4.69) is 4.74 Å². The summed E-state index contributed by atoms with van der Waals surface area (Å²) in [6, 6.07) is 9.92. The van der Waals surface area contributed by atoms with Crippen LogP contribution in [0.5, 0.6) is 5.75 Å². The highest BCUT2D eigenvalue weighted by molar-refractivity contribution is 5.68. The minimum Gasteiger partial charge on any atom is -0.406 e. The van der Waals surface area contributed by atoms with Crippen LogP contribution in [0.15, 0.2) is 42.5 Å². The summed E-state index contributed by atoms with van der Waals surface area (Å²) >= 11 is 0. The second-order valence-electron chi connectivity index (χ2n) is 3.99. The van der Waals surface area contributed by atoms with Crippen molar-refractivity contribution in [1.82, 2.24) is 0 Å². The Morgan fingerprint density at radius 2 is 1.68 bits per heavy atom. The van der Waals surface area contributed by atoms with Crippen LogP contribution in [0.4, 0.5) is 17.6 Å². The summed E-state index contributed by atoms with van der Waals surface area (Å²) in [5.74, 6) is -0.728. The molecule has 0 aliphatic rings. The number of rotatable bonds is 2. The first-order valence-corrected chi connectivity index (χ1v) is 5.48. The molecule has 0 saturated carbocycles. The van der Waals surface area contributed by atoms with Crippen LogP contribution in [0.1, 0.15) is 5.56 Å². The van der Waals surface area contributed by atoms with Crippen molar-refractivity contribution in [3.8, 4) is 16.9 Å². The molecular weight excluding hydrogens is 260 g/mol. The molecule has 2 aromatic rings. The van der Waals surface area contributed by atoms with E-state index in [0.717, 1.165) is 0 Å². The van der Waals surface area contributed by atoms with E-state index in [4.69, 9.17) is 0 Å². The Labute approximate surface area is 107 Å². The molecule has 0 amide bonds. The first-order valence-electron chi connectivity index (χ1n) is 5.48. The quantitative estimate of drug-likeness (QED) is 0.719. The molecule has 1 nitrogen and oxygen atoms in total. The van der Waals surface area contributed by atoms with E-state index in [1.807, 2.05) is 0 Å². The molecule has 0 fully saturated rings. The maximum atomic E-state index is 13.4. The van der Waals surface area contributed by atoms with Gasteiger partial charge in [0.1, 0.15) is 11.6 Å². The number of benzene rings is 2. The van der Waals surface area contributed by atoms with Gasteiger partial charge >= 0.3 is 6.36 Å². The van der Waals surface area contributed by atoms with E-state index in [1.165, 1.54) is 30.3 Å². The third kappa shape index (κ3) is 3.24. The Hall–Kier alpha value is -2.04. The summed E-state index contributed by atoms with van der Waals surface area (Å²) < 4.78 is 53.7. The maximum Gasteiger partial charge on any atom is 0.573 e. The van der Waals surface area contributed by atoms with Gasteiger partial charge < -0.3 is 4.74 Å². The largest absolute Gasteiger partial charge is 0.573 e. The average molecular weight is 270 g/mol. The molecule has 0 radical (unpaired) electrons. The Kier molecular flexibility index (Phi) is 3.46. The highest BCUT2D eigenvalue weighted by Gasteiger charge is 2.31. The van der Waals surface area contributed by atoms with Gasteiger partial charge in [0, 0.05) is 0 Å². The van der Waals surface area contributed by atoms with Crippen LogP contribution in [0, 0.1) is 12.7 Å². The van der Waals surface area contributed by atoms with E-state index < -0.39 is 12.2 Å². The first-order chi connectivity index (χ1) is 8.87. The molecule has 0 aliphatic carbocycles. The summed E-state index contributed by atoms with van der Waals surface area (Å²) in [6.07, 6.45) is -4.74. The molecule has 0 saturated heterocycles. The van der Waals surface area contributed by atoms with Crippen LogP contribution in [-0.2, 0) is 0 Å². The number of hydrogen-bond acceptors (Lipinski definition) is 1. The van der Waals surface area contributed by atoms with Crippen molar-refractivity contribution in [3.63, 3.8) is 0 Å². The zero-order valence-corrected chi connectivity index (χ0v) is 9.96. The zero-order valence-electron chi connectivity index (χ0n) is 9.96. The molecule has 0 heterocycles. The summed E-state index contributed by atoms with van der Waals surface area (Å²) in [5.41, 5.74) is 1.39. The van der Waals surface area contributed by atoms with Crippen molar-refractivity contribution in [2.75, 3.05) is 0 Å². The molecule has 0 aliphatic heterocycles. The van der Waals surface area contributed by atoms with Crippen molar-refractivity contribution in [3.05, 3.63) is 53.8 Å². The van der Waals surface area contributed by atoms with E-state index >= 15 is 0 Å². The van der Waals surface area contributed by atoms with Gasteiger partial charge in [0.25, 0.3) is 0 Å². The van der Waals surface area contributed by atoms with Gasteiger partial charge in [-0.1, -0.05) is 24.3 Å². The maximum absolute atomic E-state index is 13.4. The van der Waals surface area contributed by atoms with E-state index in [0.29, 0.717) is 16.7 Å². The molecule has 0 unspecified atom stereocenters. The van der Waals surface area contributed by atoms with Gasteiger partial charge in [-0.3, -0.25) is 0 Å². The lowest BCUT2D eigenvalue weighted by atomic mass is 10.0. The van der Waals surface area contributed by atoms with Crippen LogP contribution >= 0.6 is 0 Å². The first kappa shape index (κ1) is 13.4. The van der Waals surface area contributed by atoms with Crippen LogP contribution < -0.4 is 4.74 Å². The van der Waals surface area contributed by atoms with Crippen LogP contribution in [0.3, 0.4) is 0 Å². The summed E-state index contributed by atoms with van der Waals surface area (Å²) in [6.45, 7) is 1.57. The SMILES string of the molecule is Cc1c(F)cccc1-c1cccc(OC(F)(F)F)c1. The summed E-state index contributed by atoms with van der Waals surface area (Å²) in [4.78, 5) is 0. The second-order valence-corrected chi connectivity index (χ2v) is 3.99. The fraction of sp³-hybridized carbons (Fsp3) is 0.143. The molecular formula is C14H10F4O.